The zero-order valence-corrected chi connectivity index (χ0v) is 15.9. The molecule has 25 heavy (non-hydrogen) atoms. The van der Waals surface area contributed by atoms with E-state index in [-0.39, 0.29) is 23.7 Å². The number of benzene rings is 1. The lowest BCUT2D eigenvalue weighted by Crippen LogP contribution is -2.48. The summed E-state index contributed by atoms with van der Waals surface area (Å²) in [6.07, 6.45) is 7.15. The molecule has 1 aliphatic carbocycles. The Morgan fingerprint density at radius 3 is 2.40 bits per heavy atom. The standard InChI is InChI=1S/C19H24BrFN2O2/c20-17-12-14(21)6-7-16(17)18(24)22-15-8-10-23(11-9-15)19(25)13-4-2-1-3-5-13/h6-7,12-13,15H,1-5,8-11H2,(H,22,24). The van der Waals surface area contributed by atoms with Gasteiger partial charge in [0, 0.05) is 29.5 Å². The molecule has 0 spiro atoms. The molecule has 2 aliphatic rings. The molecule has 4 nitrogen and oxygen atoms in total. The smallest absolute Gasteiger partial charge is 0.252 e. The van der Waals surface area contributed by atoms with Crippen molar-refractivity contribution >= 4 is 27.7 Å². The molecule has 1 heterocycles. The third-order valence-electron chi connectivity index (χ3n) is 5.27. The molecule has 0 atom stereocenters. The maximum Gasteiger partial charge on any atom is 0.252 e. The lowest BCUT2D eigenvalue weighted by Gasteiger charge is -2.35. The van der Waals surface area contributed by atoms with Crippen LogP contribution in [0.5, 0.6) is 0 Å². The largest absolute Gasteiger partial charge is 0.349 e. The highest BCUT2D eigenvalue weighted by atomic mass is 79.9. The van der Waals surface area contributed by atoms with Gasteiger partial charge in [-0.15, -0.1) is 0 Å². The quantitative estimate of drug-likeness (QED) is 0.821. The summed E-state index contributed by atoms with van der Waals surface area (Å²) in [6, 6.07) is 4.11. The Morgan fingerprint density at radius 1 is 1.08 bits per heavy atom. The maximum absolute atomic E-state index is 13.1. The fourth-order valence-electron chi connectivity index (χ4n) is 3.79. The zero-order valence-electron chi connectivity index (χ0n) is 14.3. The number of piperidine rings is 1. The predicted molar refractivity (Wildman–Crippen MR) is 97.7 cm³/mol. The van der Waals surface area contributed by atoms with Crippen LogP contribution in [-0.2, 0) is 4.79 Å². The fraction of sp³-hybridized carbons (Fsp3) is 0.579. The van der Waals surface area contributed by atoms with E-state index in [1.807, 2.05) is 4.90 Å². The van der Waals surface area contributed by atoms with Crippen molar-refractivity contribution in [2.75, 3.05) is 13.1 Å². The van der Waals surface area contributed by atoms with Gasteiger partial charge >= 0.3 is 0 Å². The summed E-state index contributed by atoms with van der Waals surface area (Å²) in [5.41, 5.74) is 0.433. The van der Waals surface area contributed by atoms with Crippen LogP contribution in [-0.4, -0.2) is 35.8 Å². The van der Waals surface area contributed by atoms with Crippen LogP contribution < -0.4 is 5.32 Å². The number of amides is 2. The van der Waals surface area contributed by atoms with Gasteiger partial charge in [0.15, 0.2) is 0 Å². The second-order valence-corrected chi connectivity index (χ2v) is 7.89. The average Bonchev–Trinajstić information content (AvgIpc) is 2.62. The van der Waals surface area contributed by atoms with E-state index >= 15 is 0 Å². The van der Waals surface area contributed by atoms with Gasteiger partial charge in [-0.3, -0.25) is 9.59 Å². The molecule has 1 saturated carbocycles. The Bertz CT molecular complexity index is 638. The minimum Gasteiger partial charge on any atom is -0.349 e. The predicted octanol–water partition coefficient (Wildman–Crippen LogP) is 3.89. The van der Waals surface area contributed by atoms with E-state index in [0.29, 0.717) is 29.0 Å². The molecule has 1 N–H and O–H groups in total. The Morgan fingerprint density at radius 2 is 1.76 bits per heavy atom. The second-order valence-electron chi connectivity index (χ2n) is 7.03. The second kappa shape index (κ2) is 8.30. The first kappa shape index (κ1) is 18.4. The molecule has 2 amide bonds. The lowest BCUT2D eigenvalue weighted by molar-refractivity contribution is -0.137. The molecule has 0 bridgehead atoms. The first-order chi connectivity index (χ1) is 12.0. The van der Waals surface area contributed by atoms with Crippen LogP contribution in [0.25, 0.3) is 0 Å². The highest BCUT2D eigenvalue weighted by Gasteiger charge is 2.29. The first-order valence-corrected chi connectivity index (χ1v) is 9.88. The molecule has 1 aromatic carbocycles. The third kappa shape index (κ3) is 4.60. The topological polar surface area (TPSA) is 49.4 Å². The van der Waals surface area contributed by atoms with Gasteiger partial charge in [-0.2, -0.15) is 0 Å². The average molecular weight is 411 g/mol. The van der Waals surface area contributed by atoms with E-state index < -0.39 is 0 Å². The normalized spacial score (nSPS) is 19.7. The monoisotopic (exact) mass is 410 g/mol. The van der Waals surface area contributed by atoms with Crippen LogP contribution in [0.4, 0.5) is 4.39 Å². The summed E-state index contributed by atoms with van der Waals surface area (Å²) in [5, 5.41) is 3.01. The van der Waals surface area contributed by atoms with Gasteiger partial charge in [0.2, 0.25) is 5.91 Å². The van der Waals surface area contributed by atoms with Gasteiger partial charge < -0.3 is 10.2 Å². The van der Waals surface area contributed by atoms with Crippen LogP contribution in [0.1, 0.15) is 55.3 Å². The van der Waals surface area contributed by atoms with Gasteiger partial charge in [0.05, 0.1) is 5.56 Å². The number of likely N-dealkylation sites (tertiary alicyclic amines) is 1. The maximum atomic E-state index is 13.1. The summed E-state index contributed by atoms with van der Waals surface area (Å²) < 4.78 is 13.6. The lowest BCUT2D eigenvalue weighted by atomic mass is 9.87. The van der Waals surface area contributed by atoms with Gasteiger partial charge in [0.25, 0.3) is 5.91 Å². The summed E-state index contributed by atoms with van der Waals surface area (Å²) in [7, 11) is 0. The summed E-state index contributed by atoms with van der Waals surface area (Å²) in [4.78, 5) is 26.9. The van der Waals surface area contributed by atoms with Crippen molar-refractivity contribution in [2.24, 2.45) is 5.92 Å². The highest BCUT2D eigenvalue weighted by Crippen LogP contribution is 2.27. The van der Waals surface area contributed by atoms with Crippen LogP contribution in [0.15, 0.2) is 22.7 Å². The fourth-order valence-corrected chi connectivity index (χ4v) is 4.32. The van der Waals surface area contributed by atoms with Crippen molar-refractivity contribution in [3.05, 3.63) is 34.1 Å². The Kier molecular flexibility index (Phi) is 6.10. The number of rotatable bonds is 3. The molecular formula is C19H24BrFN2O2. The number of nitrogens with zero attached hydrogens (tertiary/aromatic N) is 1. The van der Waals surface area contributed by atoms with E-state index in [2.05, 4.69) is 21.2 Å². The molecule has 3 rings (SSSR count). The van der Waals surface area contributed by atoms with Gasteiger partial charge in [0.1, 0.15) is 5.82 Å². The van der Waals surface area contributed by atoms with Crippen LogP contribution in [0, 0.1) is 11.7 Å². The van der Waals surface area contributed by atoms with Gasteiger partial charge in [-0.25, -0.2) is 4.39 Å². The summed E-state index contributed by atoms with van der Waals surface area (Å²) in [5.74, 6) is -0.0808. The third-order valence-corrected chi connectivity index (χ3v) is 5.93. The van der Waals surface area contributed by atoms with Crippen LogP contribution in [0.3, 0.4) is 0 Å². The van der Waals surface area contributed by atoms with Crippen LogP contribution >= 0.6 is 15.9 Å². The van der Waals surface area contributed by atoms with Crippen molar-refractivity contribution in [1.29, 1.82) is 0 Å². The molecule has 0 aromatic heterocycles. The minimum atomic E-state index is -0.377. The molecule has 2 fully saturated rings. The summed E-state index contributed by atoms with van der Waals surface area (Å²) >= 11 is 3.23. The highest BCUT2D eigenvalue weighted by molar-refractivity contribution is 9.10. The SMILES string of the molecule is O=C(NC1CCN(C(=O)C2CCCCC2)CC1)c1ccc(F)cc1Br. The first-order valence-electron chi connectivity index (χ1n) is 9.09. The van der Waals surface area contributed by atoms with Crippen molar-refractivity contribution in [1.82, 2.24) is 10.2 Å². The van der Waals surface area contributed by atoms with Gasteiger partial charge in [-0.1, -0.05) is 19.3 Å². The van der Waals surface area contributed by atoms with Crippen molar-refractivity contribution in [2.45, 2.75) is 51.0 Å². The van der Waals surface area contributed by atoms with Crippen molar-refractivity contribution in [3.8, 4) is 0 Å². The van der Waals surface area contributed by atoms with Crippen molar-refractivity contribution in [3.63, 3.8) is 0 Å². The van der Waals surface area contributed by atoms with E-state index in [4.69, 9.17) is 0 Å². The Balaban J connectivity index is 1.50. The zero-order chi connectivity index (χ0) is 17.8. The molecular weight excluding hydrogens is 387 g/mol. The number of hydrogen-bond donors (Lipinski definition) is 1. The molecule has 1 aromatic rings. The minimum absolute atomic E-state index is 0.0554. The number of hydrogen-bond acceptors (Lipinski definition) is 2. The number of carbonyl (C=O) groups is 2. The number of halogens is 2. The van der Waals surface area contributed by atoms with E-state index in [0.717, 1.165) is 38.5 Å². The Hall–Kier alpha value is -1.43. The molecule has 1 saturated heterocycles. The van der Waals surface area contributed by atoms with E-state index in [9.17, 15) is 14.0 Å². The van der Waals surface area contributed by atoms with Crippen molar-refractivity contribution < 1.29 is 14.0 Å². The molecule has 1 aliphatic heterocycles. The molecule has 136 valence electrons. The molecule has 6 heteroatoms. The molecule has 0 radical (unpaired) electrons. The Labute approximate surface area is 156 Å². The van der Waals surface area contributed by atoms with Crippen LogP contribution in [0.2, 0.25) is 0 Å². The van der Waals surface area contributed by atoms with E-state index in [1.54, 1.807) is 0 Å². The summed E-state index contributed by atoms with van der Waals surface area (Å²) in [6.45, 7) is 1.40. The number of carbonyl (C=O) groups excluding carboxylic acids is 2. The number of nitrogens with one attached hydrogen (secondary N) is 1. The van der Waals surface area contributed by atoms with Gasteiger partial charge in [-0.05, 0) is 59.8 Å². The molecule has 0 unspecified atom stereocenters. The van der Waals surface area contributed by atoms with E-state index in [1.165, 1.54) is 24.6 Å².